The van der Waals surface area contributed by atoms with E-state index in [0.717, 1.165) is 29.3 Å². The van der Waals surface area contributed by atoms with E-state index in [-0.39, 0.29) is 5.78 Å². The number of hydrogen-bond acceptors (Lipinski definition) is 3. The molecule has 0 radical (unpaired) electrons. The van der Waals surface area contributed by atoms with Crippen LogP contribution in [0.4, 0.5) is 11.4 Å². The molecule has 7 heteroatoms. The van der Waals surface area contributed by atoms with Crippen LogP contribution in [-0.4, -0.2) is 34.0 Å². The van der Waals surface area contributed by atoms with Gasteiger partial charge in [-0.25, -0.2) is 0 Å². The Balaban J connectivity index is 2.50. The summed E-state index contributed by atoms with van der Waals surface area (Å²) in [5, 5.41) is 0. The number of carbonyl (C=O) groups excluding carboxylic acids is 1. The molecule has 128 valence electrons. The van der Waals surface area contributed by atoms with Crippen LogP contribution >= 0.6 is 63.7 Å². The molecule has 2 aromatic carbocycles. The third kappa shape index (κ3) is 4.06. The lowest BCUT2D eigenvalue weighted by Crippen LogP contribution is -2.12. The second-order valence-electron chi connectivity index (χ2n) is 5.69. The summed E-state index contributed by atoms with van der Waals surface area (Å²) < 4.78 is 3.48. The lowest BCUT2D eigenvalue weighted by Gasteiger charge is -2.19. The van der Waals surface area contributed by atoms with E-state index in [1.54, 1.807) is 0 Å². The van der Waals surface area contributed by atoms with E-state index in [9.17, 15) is 4.79 Å². The van der Waals surface area contributed by atoms with E-state index < -0.39 is 0 Å². The summed E-state index contributed by atoms with van der Waals surface area (Å²) in [5.41, 5.74) is 3.24. The van der Waals surface area contributed by atoms with Crippen LogP contribution in [0.3, 0.4) is 0 Å². The van der Waals surface area contributed by atoms with Crippen molar-refractivity contribution < 1.29 is 4.79 Å². The van der Waals surface area contributed by atoms with Crippen molar-refractivity contribution in [1.29, 1.82) is 0 Å². The fourth-order valence-electron chi connectivity index (χ4n) is 2.41. The van der Waals surface area contributed by atoms with Crippen LogP contribution in [0, 0.1) is 0 Å². The Bertz CT molecular complexity index is 692. The number of rotatable bonds is 4. The average molecular weight is 584 g/mol. The molecule has 0 amide bonds. The van der Waals surface area contributed by atoms with Gasteiger partial charge in [0, 0.05) is 57.2 Å². The first-order chi connectivity index (χ1) is 11.1. The molecule has 0 saturated heterocycles. The third-order valence-corrected chi connectivity index (χ3v) is 5.87. The molecule has 0 aliphatic heterocycles. The molecular weight excluding hydrogens is 568 g/mol. The highest BCUT2D eigenvalue weighted by atomic mass is 79.9. The molecule has 0 spiro atoms. The molecule has 24 heavy (non-hydrogen) atoms. The van der Waals surface area contributed by atoms with Gasteiger partial charge in [0.05, 0.1) is 11.4 Å². The first-order valence-electron chi connectivity index (χ1n) is 7.01. The summed E-state index contributed by atoms with van der Waals surface area (Å²) in [7, 11) is 7.84. The highest BCUT2D eigenvalue weighted by molar-refractivity contribution is 9.11. The SMILES string of the molecule is CN(C)c1c(Br)cc(C(=O)c2cc(Br)c(N(C)C)c(Br)c2)cc1Br. The Kier molecular flexibility index (Phi) is 6.56. The van der Waals surface area contributed by atoms with Crippen molar-refractivity contribution in [2.75, 3.05) is 38.0 Å². The summed E-state index contributed by atoms with van der Waals surface area (Å²) in [6, 6.07) is 7.41. The molecule has 0 atom stereocenters. The molecule has 2 rings (SSSR count). The number of anilines is 2. The van der Waals surface area contributed by atoms with Crippen molar-refractivity contribution in [3.63, 3.8) is 0 Å². The van der Waals surface area contributed by atoms with E-state index in [2.05, 4.69) is 63.7 Å². The summed E-state index contributed by atoms with van der Waals surface area (Å²) in [6.07, 6.45) is 0. The minimum Gasteiger partial charge on any atom is -0.376 e. The van der Waals surface area contributed by atoms with Crippen LogP contribution in [0.2, 0.25) is 0 Å². The van der Waals surface area contributed by atoms with Crippen molar-refractivity contribution >= 4 is 80.9 Å². The van der Waals surface area contributed by atoms with Crippen molar-refractivity contribution in [3.05, 3.63) is 53.3 Å². The Labute approximate surface area is 175 Å². The predicted octanol–water partition coefficient (Wildman–Crippen LogP) is 6.10. The molecule has 0 aromatic heterocycles. The van der Waals surface area contributed by atoms with Crippen LogP contribution in [-0.2, 0) is 0 Å². The van der Waals surface area contributed by atoms with Crippen LogP contribution in [0.5, 0.6) is 0 Å². The van der Waals surface area contributed by atoms with Crippen LogP contribution < -0.4 is 9.80 Å². The van der Waals surface area contributed by atoms with Crippen LogP contribution in [0.25, 0.3) is 0 Å². The third-order valence-electron chi connectivity index (χ3n) is 3.45. The maximum absolute atomic E-state index is 12.9. The van der Waals surface area contributed by atoms with Crippen molar-refractivity contribution in [2.24, 2.45) is 0 Å². The first-order valence-corrected chi connectivity index (χ1v) is 10.2. The van der Waals surface area contributed by atoms with Crippen molar-refractivity contribution in [2.45, 2.75) is 0 Å². The Morgan fingerprint density at radius 1 is 0.667 bits per heavy atom. The molecule has 0 unspecified atom stereocenters. The van der Waals surface area contributed by atoms with E-state index in [1.165, 1.54) is 0 Å². The number of benzene rings is 2. The van der Waals surface area contributed by atoms with E-state index >= 15 is 0 Å². The van der Waals surface area contributed by atoms with Gasteiger partial charge < -0.3 is 9.80 Å². The molecule has 0 bridgehead atoms. The zero-order valence-corrected chi connectivity index (χ0v) is 20.0. The molecule has 0 aliphatic rings. The van der Waals surface area contributed by atoms with Crippen LogP contribution in [0.1, 0.15) is 15.9 Å². The average Bonchev–Trinajstić information content (AvgIpc) is 2.43. The van der Waals surface area contributed by atoms with E-state index in [1.807, 2.05) is 62.3 Å². The van der Waals surface area contributed by atoms with Crippen LogP contribution in [0.15, 0.2) is 42.2 Å². The summed E-state index contributed by atoms with van der Waals surface area (Å²) >= 11 is 14.2. The second kappa shape index (κ2) is 7.89. The maximum atomic E-state index is 12.9. The summed E-state index contributed by atoms with van der Waals surface area (Å²) in [6.45, 7) is 0. The molecule has 0 saturated carbocycles. The van der Waals surface area contributed by atoms with Crippen molar-refractivity contribution in [1.82, 2.24) is 0 Å². The summed E-state index contributed by atoms with van der Waals surface area (Å²) in [5.74, 6) is -0.0339. The fourth-order valence-corrected chi connectivity index (χ4v) is 6.21. The molecule has 3 nitrogen and oxygen atoms in total. The highest BCUT2D eigenvalue weighted by Crippen LogP contribution is 2.37. The first kappa shape index (κ1) is 19.9. The monoisotopic (exact) mass is 580 g/mol. The molecule has 2 aromatic rings. The van der Waals surface area contributed by atoms with Gasteiger partial charge in [-0.15, -0.1) is 0 Å². The number of ketones is 1. The number of halogens is 4. The molecule has 0 N–H and O–H groups in total. The number of hydrogen-bond donors (Lipinski definition) is 0. The minimum atomic E-state index is -0.0339. The lowest BCUT2D eigenvalue weighted by atomic mass is 10.0. The lowest BCUT2D eigenvalue weighted by molar-refractivity contribution is 0.103. The van der Waals surface area contributed by atoms with Crippen molar-refractivity contribution in [3.8, 4) is 0 Å². The van der Waals surface area contributed by atoms with Gasteiger partial charge in [0.25, 0.3) is 0 Å². The predicted molar refractivity (Wildman–Crippen MR) is 116 cm³/mol. The molecule has 0 heterocycles. The standard InChI is InChI=1S/C17H16Br4N2O/c1-22(2)15-11(18)5-9(6-12(15)19)17(24)10-7-13(20)16(23(3)4)14(21)8-10/h5-8H,1-4H3. The second-order valence-corrected chi connectivity index (χ2v) is 9.11. The fraction of sp³-hybridized carbons (Fsp3) is 0.235. The van der Waals surface area contributed by atoms with E-state index in [4.69, 9.17) is 0 Å². The molecule has 0 fully saturated rings. The number of nitrogens with zero attached hydrogens (tertiary/aromatic N) is 2. The van der Waals surface area contributed by atoms with Gasteiger partial charge in [0.15, 0.2) is 5.78 Å². The van der Waals surface area contributed by atoms with Gasteiger partial charge in [-0.2, -0.15) is 0 Å². The van der Waals surface area contributed by atoms with Gasteiger partial charge in [0.1, 0.15) is 0 Å². The zero-order valence-electron chi connectivity index (χ0n) is 13.6. The van der Waals surface area contributed by atoms with E-state index in [0.29, 0.717) is 11.1 Å². The highest BCUT2D eigenvalue weighted by Gasteiger charge is 2.18. The zero-order chi connectivity index (χ0) is 18.2. The van der Waals surface area contributed by atoms with Gasteiger partial charge >= 0.3 is 0 Å². The summed E-state index contributed by atoms with van der Waals surface area (Å²) in [4.78, 5) is 16.9. The molecular formula is C17H16Br4N2O. The smallest absolute Gasteiger partial charge is 0.193 e. The Hall–Kier alpha value is -0.370. The van der Waals surface area contributed by atoms with Gasteiger partial charge in [-0.05, 0) is 88.0 Å². The maximum Gasteiger partial charge on any atom is 0.193 e. The normalized spacial score (nSPS) is 10.7. The Morgan fingerprint density at radius 3 is 1.12 bits per heavy atom. The van der Waals surface area contributed by atoms with Gasteiger partial charge in [-0.3, -0.25) is 4.79 Å². The minimum absolute atomic E-state index is 0.0339. The largest absolute Gasteiger partial charge is 0.376 e. The quantitative estimate of drug-likeness (QED) is 0.407. The Morgan fingerprint density at radius 2 is 0.917 bits per heavy atom. The van der Waals surface area contributed by atoms with Gasteiger partial charge in [-0.1, -0.05) is 0 Å². The number of carbonyl (C=O) groups is 1. The molecule has 0 aliphatic carbocycles. The van der Waals surface area contributed by atoms with Gasteiger partial charge in [0.2, 0.25) is 0 Å². The topological polar surface area (TPSA) is 23.6 Å².